The van der Waals surface area contributed by atoms with E-state index in [0.717, 1.165) is 12.8 Å². The van der Waals surface area contributed by atoms with Crippen LogP contribution in [0.25, 0.3) is 0 Å². The van der Waals surface area contributed by atoms with Crippen LogP contribution in [-0.4, -0.2) is 23.5 Å². The molecule has 0 heterocycles. The number of carbonyl (C=O) groups is 2. The Labute approximate surface area is 110 Å². The van der Waals surface area contributed by atoms with E-state index in [-0.39, 0.29) is 0 Å². The predicted molar refractivity (Wildman–Crippen MR) is 67.2 cm³/mol. The summed E-state index contributed by atoms with van der Waals surface area (Å²) in [6.45, 7) is -0.435. The van der Waals surface area contributed by atoms with Gasteiger partial charge in [-0.1, -0.05) is 31.0 Å². The van der Waals surface area contributed by atoms with Crippen molar-refractivity contribution in [3.8, 4) is 0 Å². The molecule has 102 valence electrons. The minimum Gasteiger partial charge on any atom is -0.480 e. The molecule has 0 atom stereocenters. The molecular formula is C14H16FNO3. The summed E-state index contributed by atoms with van der Waals surface area (Å²) in [5.41, 5.74) is -0.545. The zero-order valence-electron chi connectivity index (χ0n) is 10.5. The largest absolute Gasteiger partial charge is 0.480 e. The van der Waals surface area contributed by atoms with Gasteiger partial charge in [0, 0.05) is 5.56 Å². The van der Waals surface area contributed by atoms with E-state index in [2.05, 4.69) is 5.32 Å². The maximum absolute atomic E-state index is 13.9. The highest BCUT2D eigenvalue weighted by atomic mass is 19.1. The van der Waals surface area contributed by atoms with Crippen molar-refractivity contribution in [2.45, 2.75) is 31.1 Å². The third kappa shape index (κ3) is 2.59. The summed E-state index contributed by atoms with van der Waals surface area (Å²) in [5.74, 6) is -1.90. The fourth-order valence-corrected chi connectivity index (χ4v) is 2.77. The molecule has 0 unspecified atom stereocenters. The highest BCUT2D eigenvalue weighted by Crippen LogP contribution is 2.42. The molecule has 4 nitrogen and oxygen atoms in total. The third-order valence-corrected chi connectivity index (χ3v) is 3.68. The molecule has 0 spiro atoms. The van der Waals surface area contributed by atoms with Crippen LogP contribution in [0.15, 0.2) is 24.3 Å². The molecule has 0 aromatic heterocycles. The molecule has 1 aliphatic rings. The number of hydrogen-bond donors (Lipinski definition) is 2. The van der Waals surface area contributed by atoms with Crippen LogP contribution in [0.4, 0.5) is 4.39 Å². The van der Waals surface area contributed by atoms with Gasteiger partial charge in [-0.2, -0.15) is 0 Å². The van der Waals surface area contributed by atoms with Gasteiger partial charge < -0.3 is 10.4 Å². The van der Waals surface area contributed by atoms with Crippen molar-refractivity contribution in [2.75, 3.05) is 6.54 Å². The minimum absolute atomic E-state index is 0.371. The first-order valence-electron chi connectivity index (χ1n) is 6.31. The van der Waals surface area contributed by atoms with E-state index in [9.17, 15) is 14.0 Å². The van der Waals surface area contributed by atoms with Gasteiger partial charge in [0.2, 0.25) is 5.91 Å². The van der Waals surface area contributed by atoms with Gasteiger partial charge in [0.05, 0.1) is 5.41 Å². The molecule has 1 saturated carbocycles. The average molecular weight is 265 g/mol. The molecule has 19 heavy (non-hydrogen) atoms. The maximum atomic E-state index is 13.9. The highest BCUT2D eigenvalue weighted by Gasteiger charge is 2.44. The number of amides is 1. The SMILES string of the molecule is O=C(O)CNC(=O)C1(c2ccccc2F)CCCC1. The molecule has 0 saturated heterocycles. The lowest BCUT2D eigenvalue weighted by Crippen LogP contribution is -2.44. The van der Waals surface area contributed by atoms with Crippen LogP contribution in [0.2, 0.25) is 0 Å². The Morgan fingerprint density at radius 2 is 1.89 bits per heavy atom. The van der Waals surface area contributed by atoms with Crippen LogP contribution in [0.1, 0.15) is 31.2 Å². The summed E-state index contributed by atoms with van der Waals surface area (Å²) in [5, 5.41) is 11.0. The number of aliphatic carboxylic acids is 1. The number of halogens is 1. The van der Waals surface area contributed by atoms with Gasteiger partial charge in [-0.15, -0.1) is 0 Å². The molecule has 1 fully saturated rings. The lowest BCUT2D eigenvalue weighted by molar-refractivity contribution is -0.138. The van der Waals surface area contributed by atoms with Gasteiger partial charge >= 0.3 is 5.97 Å². The number of nitrogens with one attached hydrogen (secondary N) is 1. The highest BCUT2D eigenvalue weighted by molar-refractivity contribution is 5.90. The second-order valence-electron chi connectivity index (χ2n) is 4.85. The Bertz CT molecular complexity index is 495. The molecular weight excluding hydrogens is 249 g/mol. The Kier molecular flexibility index (Phi) is 3.83. The van der Waals surface area contributed by atoms with Crippen LogP contribution in [0.5, 0.6) is 0 Å². The molecule has 1 aromatic carbocycles. The van der Waals surface area contributed by atoms with Gasteiger partial charge in [-0.25, -0.2) is 4.39 Å². The van der Waals surface area contributed by atoms with Crippen LogP contribution >= 0.6 is 0 Å². The topological polar surface area (TPSA) is 66.4 Å². The van der Waals surface area contributed by atoms with E-state index in [0.29, 0.717) is 18.4 Å². The number of carboxylic acid groups (broad SMARTS) is 1. The number of hydrogen-bond acceptors (Lipinski definition) is 2. The quantitative estimate of drug-likeness (QED) is 0.873. The number of carboxylic acids is 1. The van der Waals surface area contributed by atoms with Gasteiger partial charge in [0.25, 0.3) is 0 Å². The van der Waals surface area contributed by atoms with Crippen LogP contribution in [-0.2, 0) is 15.0 Å². The van der Waals surface area contributed by atoms with Crippen LogP contribution < -0.4 is 5.32 Å². The van der Waals surface area contributed by atoms with Gasteiger partial charge in [-0.05, 0) is 18.9 Å². The number of benzene rings is 1. The van der Waals surface area contributed by atoms with E-state index in [1.807, 2.05) is 0 Å². The Morgan fingerprint density at radius 3 is 2.47 bits per heavy atom. The molecule has 2 N–H and O–H groups in total. The van der Waals surface area contributed by atoms with Gasteiger partial charge in [0.15, 0.2) is 0 Å². The fourth-order valence-electron chi connectivity index (χ4n) is 2.77. The lowest BCUT2D eigenvalue weighted by Gasteiger charge is -2.28. The van der Waals surface area contributed by atoms with Crippen molar-refractivity contribution in [3.63, 3.8) is 0 Å². The molecule has 2 rings (SSSR count). The first kappa shape index (κ1) is 13.5. The molecule has 5 heteroatoms. The Morgan fingerprint density at radius 1 is 1.26 bits per heavy atom. The average Bonchev–Trinajstić information content (AvgIpc) is 2.87. The third-order valence-electron chi connectivity index (χ3n) is 3.68. The summed E-state index contributed by atoms with van der Waals surface area (Å²) < 4.78 is 13.9. The van der Waals surface area contributed by atoms with Crippen molar-refractivity contribution in [1.82, 2.24) is 5.32 Å². The van der Waals surface area contributed by atoms with E-state index in [1.165, 1.54) is 6.07 Å². The fraction of sp³-hybridized carbons (Fsp3) is 0.429. The van der Waals surface area contributed by atoms with Crippen molar-refractivity contribution >= 4 is 11.9 Å². The summed E-state index contributed by atoms with van der Waals surface area (Å²) in [6, 6.07) is 6.22. The zero-order valence-corrected chi connectivity index (χ0v) is 10.5. The van der Waals surface area contributed by atoms with Gasteiger partial charge in [0.1, 0.15) is 12.4 Å². The predicted octanol–water partition coefficient (Wildman–Crippen LogP) is 1.84. The van der Waals surface area contributed by atoms with Crippen molar-refractivity contribution < 1.29 is 19.1 Å². The Hall–Kier alpha value is -1.91. The molecule has 1 aromatic rings. The van der Waals surface area contributed by atoms with E-state index in [4.69, 9.17) is 5.11 Å². The summed E-state index contributed by atoms with van der Waals surface area (Å²) in [7, 11) is 0. The zero-order chi connectivity index (χ0) is 13.9. The second-order valence-corrected chi connectivity index (χ2v) is 4.85. The summed E-state index contributed by atoms with van der Waals surface area (Å²) >= 11 is 0. The van der Waals surface area contributed by atoms with Crippen LogP contribution in [0, 0.1) is 5.82 Å². The lowest BCUT2D eigenvalue weighted by atomic mass is 9.77. The molecule has 0 bridgehead atoms. The smallest absolute Gasteiger partial charge is 0.322 e. The first-order valence-corrected chi connectivity index (χ1v) is 6.31. The second kappa shape index (κ2) is 5.38. The van der Waals surface area contributed by atoms with E-state index < -0.39 is 29.7 Å². The van der Waals surface area contributed by atoms with Gasteiger partial charge in [-0.3, -0.25) is 9.59 Å². The standard InChI is InChI=1S/C14H16FNO3/c15-11-6-2-1-5-10(11)14(7-3-4-8-14)13(19)16-9-12(17)18/h1-2,5-6H,3-4,7-9H2,(H,16,19)(H,17,18). The van der Waals surface area contributed by atoms with Crippen molar-refractivity contribution in [2.24, 2.45) is 0 Å². The van der Waals surface area contributed by atoms with E-state index in [1.54, 1.807) is 18.2 Å². The molecule has 1 amide bonds. The maximum Gasteiger partial charge on any atom is 0.322 e. The summed E-state index contributed by atoms with van der Waals surface area (Å²) in [6.07, 6.45) is 2.79. The van der Waals surface area contributed by atoms with E-state index >= 15 is 0 Å². The molecule has 0 aliphatic heterocycles. The monoisotopic (exact) mass is 265 g/mol. The molecule has 1 aliphatic carbocycles. The molecule has 0 radical (unpaired) electrons. The number of rotatable bonds is 4. The summed E-state index contributed by atoms with van der Waals surface area (Å²) in [4.78, 5) is 22.8. The number of carbonyl (C=O) groups excluding carboxylic acids is 1. The normalized spacial score (nSPS) is 17.1. The van der Waals surface area contributed by atoms with Crippen molar-refractivity contribution in [3.05, 3.63) is 35.6 Å². The Balaban J connectivity index is 2.30. The first-order chi connectivity index (χ1) is 9.06. The van der Waals surface area contributed by atoms with Crippen molar-refractivity contribution in [1.29, 1.82) is 0 Å². The minimum atomic E-state index is -1.10. The van der Waals surface area contributed by atoms with Crippen LogP contribution in [0.3, 0.4) is 0 Å².